The van der Waals surface area contributed by atoms with Crippen LogP contribution in [0.15, 0.2) is 41.3 Å². The van der Waals surface area contributed by atoms with E-state index in [0.29, 0.717) is 36.8 Å². The van der Waals surface area contributed by atoms with Gasteiger partial charge in [-0.25, -0.2) is 0 Å². The van der Waals surface area contributed by atoms with Crippen molar-refractivity contribution in [3.8, 4) is 5.75 Å². The number of benzene rings is 1. The number of carbonyl (C=O) groups is 1. The van der Waals surface area contributed by atoms with Crippen LogP contribution in [0, 0.1) is 12.8 Å². The molecule has 0 amide bonds. The van der Waals surface area contributed by atoms with E-state index >= 15 is 0 Å². The summed E-state index contributed by atoms with van der Waals surface area (Å²) < 4.78 is 10.7. The third-order valence-corrected chi connectivity index (χ3v) is 4.02. The van der Waals surface area contributed by atoms with Crippen LogP contribution in [-0.2, 0) is 22.6 Å². The average Bonchev–Trinajstić information content (AvgIpc) is 2.61. The highest BCUT2D eigenvalue weighted by Crippen LogP contribution is 2.08. The molecule has 0 unspecified atom stereocenters. The molecule has 26 heavy (non-hydrogen) atoms. The Balaban J connectivity index is 1.77. The lowest BCUT2D eigenvalue weighted by atomic mass is 10.1. The minimum atomic E-state index is -0.288. The number of aromatic nitrogens is 1. The predicted octanol–water partition coefficient (Wildman–Crippen LogP) is 3.78. The van der Waals surface area contributed by atoms with Gasteiger partial charge >= 0.3 is 5.97 Å². The molecule has 0 radical (unpaired) electrons. The normalized spacial score (nSPS) is 10.8. The van der Waals surface area contributed by atoms with Crippen molar-refractivity contribution < 1.29 is 14.3 Å². The fraction of sp³-hybridized carbons (Fsp3) is 0.429. The van der Waals surface area contributed by atoms with Crippen molar-refractivity contribution in [1.82, 2.24) is 4.98 Å². The number of hydrogen-bond acceptors (Lipinski definition) is 4. The summed E-state index contributed by atoms with van der Waals surface area (Å²) in [5.74, 6) is 0.524. The Morgan fingerprint density at radius 2 is 1.92 bits per heavy atom. The van der Waals surface area contributed by atoms with E-state index in [1.54, 1.807) is 0 Å². The molecule has 1 aromatic carbocycles. The molecule has 1 N–H and O–H groups in total. The number of esters is 1. The second-order valence-electron chi connectivity index (χ2n) is 6.86. The largest absolute Gasteiger partial charge is 0.488 e. The van der Waals surface area contributed by atoms with Crippen LogP contribution in [0.2, 0.25) is 0 Å². The number of nitrogens with one attached hydrogen (secondary N) is 1. The van der Waals surface area contributed by atoms with E-state index < -0.39 is 0 Å². The monoisotopic (exact) mass is 357 g/mol. The quantitative estimate of drug-likeness (QED) is 0.694. The molecular formula is C21H27NO4. The van der Waals surface area contributed by atoms with Crippen molar-refractivity contribution in [3.05, 3.63) is 63.6 Å². The molecule has 5 heteroatoms. The minimum Gasteiger partial charge on any atom is -0.488 e. The van der Waals surface area contributed by atoms with Crippen LogP contribution in [-0.4, -0.2) is 17.6 Å². The van der Waals surface area contributed by atoms with E-state index in [1.165, 1.54) is 17.8 Å². The first-order valence-electron chi connectivity index (χ1n) is 8.99. The SMILES string of the molecule is Cc1ccc(CCC(=O)OCc2cc(=O)c(OCCC(C)C)c[nH]2)cc1. The standard InChI is InChI=1S/C21H27NO4/c1-15(2)10-11-25-20-13-22-18(12-19(20)23)14-26-21(24)9-8-17-6-4-16(3)5-7-17/h4-7,12-13,15H,8-11,14H2,1-3H3,(H,22,23). The van der Waals surface area contributed by atoms with Crippen molar-refractivity contribution in [2.45, 2.75) is 46.6 Å². The fourth-order valence-corrected chi connectivity index (χ4v) is 2.33. The Bertz CT molecular complexity index is 762. The average molecular weight is 357 g/mol. The van der Waals surface area contributed by atoms with Gasteiger partial charge < -0.3 is 14.5 Å². The Kier molecular flexibility index (Phi) is 7.45. The van der Waals surface area contributed by atoms with Crippen LogP contribution in [0.5, 0.6) is 5.75 Å². The highest BCUT2D eigenvalue weighted by molar-refractivity contribution is 5.69. The molecule has 0 saturated carbocycles. The minimum absolute atomic E-state index is 0.0498. The lowest BCUT2D eigenvalue weighted by Crippen LogP contribution is -2.13. The van der Waals surface area contributed by atoms with E-state index in [9.17, 15) is 9.59 Å². The Hall–Kier alpha value is -2.56. The Labute approximate surface area is 154 Å². The first-order valence-corrected chi connectivity index (χ1v) is 8.99. The summed E-state index contributed by atoms with van der Waals surface area (Å²) in [7, 11) is 0. The molecule has 0 saturated heterocycles. The summed E-state index contributed by atoms with van der Waals surface area (Å²) in [6, 6.07) is 9.49. The van der Waals surface area contributed by atoms with Gasteiger partial charge in [-0.1, -0.05) is 43.7 Å². The molecule has 2 rings (SSSR count). The zero-order valence-electron chi connectivity index (χ0n) is 15.7. The van der Waals surface area contributed by atoms with Gasteiger partial charge in [0.05, 0.1) is 12.3 Å². The molecule has 1 heterocycles. The van der Waals surface area contributed by atoms with Crippen molar-refractivity contribution in [3.63, 3.8) is 0 Å². The van der Waals surface area contributed by atoms with E-state index in [2.05, 4.69) is 18.8 Å². The number of H-pyrrole nitrogens is 1. The van der Waals surface area contributed by atoms with E-state index in [-0.39, 0.29) is 18.0 Å². The van der Waals surface area contributed by atoms with Gasteiger partial charge in [-0.15, -0.1) is 0 Å². The summed E-state index contributed by atoms with van der Waals surface area (Å²) in [5.41, 5.74) is 2.63. The maximum Gasteiger partial charge on any atom is 0.306 e. The van der Waals surface area contributed by atoms with Crippen LogP contribution in [0.25, 0.3) is 0 Å². The van der Waals surface area contributed by atoms with Crippen molar-refractivity contribution >= 4 is 5.97 Å². The lowest BCUT2D eigenvalue weighted by molar-refractivity contribution is -0.145. The summed E-state index contributed by atoms with van der Waals surface area (Å²) in [6.45, 7) is 6.79. The van der Waals surface area contributed by atoms with Crippen molar-refractivity contribution in [2.75, 3.05) is 6.61 Å². The first-order chi connectivity index (χ1) is 12.4. The Morgan fingerprint density at radius 1 is 1.19 bits per heavy atom. The number of aromatic amines is 1. The maximum absolute atomic E-state index is 12.0. The van der Waals surface area contributed by atoms with Gasteiger partial charge in [0.1, 0.15) is 6.61 Å². The molecule has 0 aliphatic rings. The second kappa shape index (κ2) is 9.80. The topological polar surface area (TPSA) is 68.4 Å². The van der Waals surface area contributed by atoms with E-state index in [4.69, 9.17) is 9.47 Å². The Morgan fingerprint density at radius 3 is 2.58 bits per heavy atom. The number of hydrogen-bond donors (Lipinski definition) is 1. The molecule has 0 spiro atoms. The molecule has 0 bridgehead atoms. The zero-order valence-corrected chi connectivity index (χ0v) is 15.7. The molecule has 140 valence electrons. The van der Waals surface area contributed by atoms with Gasteiger partial charge in [-0.2, -0.15) is 0 Å². The smallest absolute Gasteiger partial charge is 0.306 e. The van der Waals surface area contributed by atoms with Gasteiger partial charge in [0.15, 0.2) is 5.75 Å². The van der Waals surface area contributed by atoms with E-state index in [0.717, 1.165) is 12.0 Å². The molecule has 0 aliphatic heterocycles. The van der Waals surface area contributed by atoms with Gasteiger partial charge in [-0.05, 0) is 31.2 Å². The maximum atomic E-state index is 12.0. The van der Waals surface area contributed by atoms with Gasteiger partial charge in [-0.3, -0.25) is 9.59 Å². The number of carbonyl (C=O) groups excluding carboxylic acids is 1. The molecule has 0 fully saturated rings. The molecule has 1 aromatic heterocycles. The van der Waals surface area contributed by atoms with Gasteiger partial charge in [0.2, 0.25) is 5.43 Å². The molecule has 2 aromatic rings. The second-order valence-corrected chi connectivity index (χ2v) is 6.86. The molecular weight excluding hydrogens is 330 g/mol. The van der Waals surface area contributed by atoms with Crippen molar-refractivity contribution in [1.29, 1.82) is 0 Å². The fourth-order valence-electron chi connectivity index (χ4n) is 2.33. The third kappa shape index (κ3) is 6.75. The first kappa shape index (κ1) is 19.8. The third-order valence-electron chi connectivity index (χ3n) is 4.02. The lowest BCUT2D eigenvalue weighted by Gasteiger charge is -2.09. The summed E-state index contributed by atoms with van der Waals surface area (Å²) in [6.07, 6.45) is 3.36. The summed E-state index contributed by atoms with van der Waals surface area (Å²) >= 11 is 0. The van der Waals surface area contributed by atoms with Crippen molar-refractivity contribution in [2.24, 2.45) is 5.92 Å². The van der Waals surface area contributed by atoms with Crippen LogP contribution >= 0.6 is 0 Å². The van der Waals surface area contributed by atoms with Crippen LogP contribution in [0.1, 0.15) is 43.5 Å². The molecule has 5 nitrogen and oxygen atoms in total. The molecule has 0 atom stereocenters. The number of aryl methyl sites for hydroxylation is 2. The zero-order chi connectivity index (χ0) is 18.9. The molecule has 0 aliphatic carbocycles. The van der Waals surface area contributed by atoms with Gasteiger partial charge in [0, 0.05) is 18.7 Å². The summed E-state index contributed by atoms with van der Waals surface area (Å²) in [4.78, 5) is 26.8. The van der Waals surface area contributed by atoms with E-state index in [1.807, 2.05) is 31.2 Å². The number of pyridine rings is 1. The highest BCUT2D eigenvalue weighted by atomic mass is 16.5. The predicted molar refractivity (Wildman–Crippen MR) is 101 cm³/mol. The van der Waals surface area contributed by atoms with Gasteiger partial charge in [0.25, 0.3) is 0 Å². The van der Waals surface area contributed by atoms with Crippen LogP contribution in [0.4, 0.5) is 0 Å². The number of ether oxygens (including phenoxy) is 2. The van der Waals surface area contributed by atoms with Crippen LogP contribution < -0.4 is 10.2 Å². The van der Waals surface area contributed by atoms with Crippen LogP contribution in [0.3, 0.4) is 0 Å². The summed E-state index contributed by atoms with van der Waals surface area (Å²) in [5, 5.41) is 0. The number of rotatable bonds is 9. The highest BCUT2D eigenvalue weighted by Gasteiger charge is 2.07.